The summed E-state index contributed by atoms with van der Waals surface area (Å²) in [5.74, 6) is 1.82. The molecule has 0 atom stereocenters. The van der Waals surface area contributed by atoms with Gasteiger partial charge in [0.15, 0.2) is 0 Å². The number of nitrogens with zero attached hydrogens (tertiary/aromatic N) is 3. The van der Waals surface area contributed by atoms with Crippen molar-refractivity contribution in [3.63, 3.8) is 0 Å². The first-order chi connectivity index (χ1) is 8.79. The van der Waals surface area contributed by atoms with Crippen LogP contribution < -0.4 is 10.1 Å². The fourth-order valence-corrected chi connectivity index (χ4v) is 1.68. The van der Waals surface area contributed by atoms with Crippen LogP contribution in [-0.4, -0.2) is 28.2 Å². The summed E-state index contributed by atoms with van der Waals surface area (Å²) in [4.78, 5) is 8.54. The van der Waals surface area contributed by atoms with Crippen LogP contribution in [0.5, 0.6) is 5.75 Å². The minimum absolute atomic E-state index is 0.609. The van der Waals surface area contributed by atoms with E-state index in [0.29, 0.717) is 6.61 Å². The van der Waals surface area contributed by atoms with Crippen LogP contribution in [0.15, 0.2) is 30.7 Å². The van der Waals surface area contributed by atoms with E-state index in [4.69, 9.17) is 4.74 Å². The van der Waals surface area contributed by atoms with Gasteiger partial charge in [-0.25, -0.2) is 4.98 Å². The average Bonchev–Trinajstić information content (AvgIpc) is 2.78. The summed E-state index contributed by atoms with van der Waals surface area (Å²) in [5, 5.41) is 3.06. The quantitative estimate of drug-likeness (QED) is 0.831. The van der Waals surface area contributed by atoms with Crippen LogP contribution >= 0.6 is 0 Å². The first-order valence-corrected chi connectivity index (χ1v) is 5.98. The van der Waals surface area contributed by atoms with Crippen LogP contribution in [0.2, 0.25) is 0 Å². The van der Waals surface area contributed by atoms with Gasteiger partial charge in [-0.05, 0) is 19.2 Å². The van der Waals surface area contributed by atoms with Gasteiger partial charge in [-0.2, -0.15) is 0 Å². The molecule has 0 bridgehead atoms. The van der Waals surface area contributed by atoms with E-state index in [1.165, 1.54) is 0 Å². The molecule has 0 fully saturated rings. The van der Waals surface area contributed by atoms with Gasteiger partial charge in [-0.1, -0.05) is 0 Å². The van der Waals surface area contributed by atoms with E-state index in [1.54, 1.807) is 12.4 Å². The summed E-state index contributed by atoms with van der Waals surface area (Å²) in [6, 6.07) is 3.91. The van der Waals surface area contributed by atoms with Crippen molar-refractivity contribution >= 4 is 0 Å². The molecule has 0 aliphatic heterocycles. The Morgan fingerprint density at radius 2 is 2.22 bits per heavy atom. The van der Waals surface area contributed by atoms with E-state index >= 15 is 0 Å². The van der Waals surface area contributed by atoms with Gasteiger partial charge in [0.1, 0.15) is 11.6 Å². The number of imidazole rings is 1. The predicted molar refractivity (Wildman–Crippen MR) is 69.4 cm³/mol. The Balaban J connectivity index is 1.81. The number of pyridine rings is 1. The number of aromatic nitrogens is 3. The van der Waals surface area contributed by atoms with Crippen molar-refractivity contribution in [2.45, 2.75) is 13.0 Å². The molecule has 96 valence electrons. The second-order valence-electron chi connectivity index (χ2n) is 4.07. The molecule has 0 aromatic carbocycles. The Kier molecular flexibility index (Phi) is 4.30. The maximum Gasteiger partial charge on any atom is 0.137 e. The zero-order chi connectivity index (χ0) is 12.8. The largest absolute Gasteiger partial charge is 0.492 e. The summed E-state index contributed by atoms with van der Waals surface area (Å²) < 4.78 is 7.63. The monoisotopic (exact) mass is 246 g/mol. The van der Waals surface area contributed by atoms with Gasteiger partial charge in [-0.3, -0.25) is 4.98 Å². The number of rotatable bonds is 6. The summed E-state index contributed by atoms with van der Waals surface area (Å²) >= 11 is 0. The lowest BCUT2D eigenvalue weighted by molar-refractivity contribution is 0.316. The number of nitrogens with one attached hydrogen (secondary N) is 1. The Bertz CT molecular complexity index is 478. The molecular weight excluding hydrogens is 228 g/mol. The van der Waals surface area contributed by atoms with Crippen LogP contribution in [0.1, 0.15) is 11.5 Å². The van der Waals surface area contributed by atoms with E-state index < -0.39 is 0 Å². The fourth-order valence-electron chi connectivity index (χ4n) is 1.68. The summed E-state index contributed by atoms with van der Waals surface area (Å²) in [5.41, 5.74) is 1.01. The molecule has 18 heavy (non-hydrogen) atoms. The molecule has 0 aliphatic carbocycles. The highest BCUT2D eigenvalue weighted by Crippen LogP contribution is 2.09. The Morgan fingerprint density at radius 3 is 2.83 bits per heavy atom. The molecule has 1 N–H and O–H groups in total. The lowest BCUT2D eigenvalue weighted by Crippen LogP contribution is -2.08. The van der Waals surface area contributed by atoms with Gasteiger partial charge >= 0.3 is 0 Å². The Hall–Kier alpha value is -1.88. The summed E-state index contributed by atoms with van der Waals surface area (Å²) in [6.07, 6.45) is 6.28. The van der Waals surface area contributed by atoms with Gasteiger partial charge in [0, 0.05) is 32.4 Å². The minimum Gasteiger partial charge on any atom is -0.492 e. The Labute approximate surface area is 107 Å². The molecule has 0 unspecified atom stereocenters. The first-order valence-electron chi connectivity index (χ1n) is 5.98. The van der Waals surface area contributed by atoms with Crippen LogP contribution in [0.4, 0.5) is 0 Å². The van der Waals surface area contributed by atoms with Crippen molar-refractivity contribution in [1.82, 2.24) is 19.9 Å². The third-order valence-corrected chi connectivity index (χ3v) is 2.67. The van der Waals surface area contributed by atoms with Gasteiger partial charge < -0.3 is 14.6 Å². The van der Waals surface area contributed by atoms with Gasteiger partial charge in [-0.15, -0.1) is 0 Å². The summed E-state index contributed by atoms with van der Waals surface area (Å²) in [6.45, 7) is 1.38. The smallest absolute Gasteiger partial charge is 0.137 e. The second-order valence-corrected chi connectivity index (χ2v) is 4.07. The zero-order valence-electron chi connectivity index (χ0n) is 10.8. The molecule has 2 heterocycles. The van der Waals surface area contributed by atoms with E-state index in [9.17, 15) is 0 Å². The molecule has 0 saturated carbocycles. The molecule has 2 aromatic heterocycles. The van der Waals surface area contributed by atoms with E-state index in [2.05, 4.69) is 15.3 Å². The van der Waals surface area contributed by atoms with E-state index in [1.807, 2.05) is 37.0 Å². The molecule has 0 spiro atoms. The Morgan fingerprint density at radius 1 is 1.33 bits per heavy atom. The molecule has 2 rings (SSSR count). The molecule has 0 radical (unpaired) electrons. The molecule has 2 aromatic rings. The topological polar surface area (TPSA) is 52.0 Å². The van der Waals surface area contributed by atoms with Crippen molar-refractivity contribution in [2.24, 2.45) is 7.05 Å². The number of ether oxygens (including phenoxy) is 1. The molecule has 0 amide bonds. The van der Waals surface area contributed by atoms with E-state index in [-0.39, 0.29) is 0 Å². The minimum atomic E-state index is 0.609. The van der Waals surface area contributed by atoms with Crippen molar-refractivity contribution in [2.75, 3.05) is 13.7 Å². The van der Waals surface area contributed by atoms with Gasteiger partial charge in [0.2, 0.25) is 0 Å². The van der Waals surface area contributed by atoms with Crippen LogP contribution in [-0.2, 0) is 20.0 Å². The number of hydrogen-bond donors (Lipinski definition) is 1. The highest BCUT2D eigenvalue weighted by Gasteiger charge is 2.00. The third kappa shape index (κ3) is 3.30. The lowest BCUT2D eigenvalue weighted by Gasteiger charge is -2.06. The summed E-state index contributed by atoms with van der Waals surface area (Å²) in [7, 11) is 3.88. The standard InChI is InChI=1S/C13H18N4O/c1-14-9-11-3-4-12(10-16-11)18-8-5-13-15-6-7-17(13)2/h3-4,6-7,10,14H,5,8-9H2,1-2H3. The normalized spacial score (nSPS) is 10.6. The van der Waals surface area contributed by atoms with Crippen molar-refractivity contribution in [3.8, 4) is 5.75 Å². The van der Waals surface area contributed by atoms with Crippen LogP contribution in [0, 0.1) is 0 Å². The molecular formula is C13H18N4O. The molecule has 5 nitrogen and oxygen atoms in total. The maximum atomic E-state index is 5.63. The first kappa shape index (κ1) is 12.6. The van der Waals surface area contributed by atoms with E-state index in [0.717, 1.165) is 30.2 Å². The van der Waals surface area contributed by atoms with Crippen molar-refractivity contribution in [3.05, 3.63) is 42.2 Å². The lowest BCUT2D eigenvalue weighted by atomic mass is 10.3. The molecule has 0 aliphatic rings. The number of hydrogen-bond acceptors (Lipinski definition) is 4. The predicted octanol–water partition coefficient (Wildman–Crippen LogP) is 1.16. The van der Waals surface area contributed by atoms with Crippen molar-refractivity contribution in [1.29, 1.82) is 0 Å². The van der Waals surface area contributed by atoms with Crippen LogP contribution in [0.3, 0.4) is 0 Å². The fraction of sp³-hybridized carbons (Fsp3) is 0.385. The SMILES string of the molecule is CNCc1ccc(OCCc2nccn2C)cn1. The van der Waals surface area contributed by atoms with Gasteiger partial charge in [0.05, 0.1) is 18.5 Å². The second kappa shape index (κ2) is 6.16. The average molecular weight is 246 g/mol. The molecule has 5 heteroatoms. The van der Waals surface area contributed by atoms with Crippen LogP contribution in [0.25, 0.3) is 0 Å². The highest BCUT2D eigenvalue weighted by molar-refractivity contribution is 5.19. The van der Waals surface area contributed by atoms with Gasteiger partial charge in [0.25, 0.3) is 0 Å². The van der Waals surface area contributed by atoms with Crippen molar-refractivity contribution < 1.29 is 4.74 Å². The highest BCUT2D eigenvalue weighted by atomic mass is 16.5. The zero-order valence-corrected chi connectivity index (χ0v) is 10.8. The maximum absolute atomic E-state index is 5.63. The third-order valence-electron chi connectivity index (χ3n) is 2.67. The molecule has 0 saturated heterocycles. The number of aryl methyl sites for hydroxylation is 1.